The Bertz CT molecular complexity index is 782. The van der Waals surface area contributed by atoms with Crippen LogP contribution in [0.2, 0.25) is 0 Å². The van der Waals surface area contributed by atoms with Gasteiger partial charge in [-0.3, -0.25) is 4.79 Å². The van der Waals surface area contributed by atoms with Crippen LogP contribution in [0.25, 0.3) is 0 Å². The Balaban J connectivity index is 2.18. The summed E-state index contributed by atoms with van der Waals surface area (Å²) in [7, 11) is 1.38. The lowest BCUT2D eigenvalue weighted by Crippen LogP contribution is -2.38. The maximum atomic E-state index is 12.9. The average Bonchev–Trinajstić information content (AvgIpc) is 2.90. The smallest absolute Gasteiger partial charge is 0.336 e. The van der Waals surface area contributed by atoms with E-state index in [1.807, 2.05) is 26.0 Å². The van der Waals surface area contributed by atoms with Gasteiger partial charge in [-0.1, -0.05) is 13.8 Å². The summed E-state index contributed by atoms with van der Waals surface area (Å²) in [5.41, 5.74) is 2.95. The number of Topliss-reactive ketones (excluding diaryl/α,β-unsaturated/α-hetero) is 1. The van der Waals surface area contributed by atoms with Gasteiger partial charge in [0.25, 0.3) is 0 Å². The summed E-state index contributed by atoms with van der Waals surface area (Å²) in [6.07, 6.45) is 1.31. The highest BCUT2D eigenvalue weighted by Crippen LogP contribution is 2.47. The van der Waals surface area contributed by atoms with Gasteiger partial charge in [-0.15, -0.1) is 11.3 Å². The number of allylic oxidation sites excluding steroid dienone is 3. The van der Waals surface area contributed by atoms with Gasteiger partial charge in [0.1, 0.15) is 0 Å². The predicted octanol–water partition coefficient (Wildman–Crippen LogP) is 3.83. The molecule has 0 spiro atoms. The third-order valence-electron chi connectivity index (χ3n) is 4.69. The summed E-state index contributed by atoms with van der Waals surface area (Å²) < 4.78 is 5.01. The lowest BCUT2D eigenvalue weighted by molar-refractivity contribution is -0.136. The van der Waals surface area contributed by atoms with Crippen molar-refractivity contribution in [3.8, 4) is 0 Å². The monoisotopic (exact) mass is 345 g/mol. The standard InChI is InChI=1S/C19H23NO3S/c1-10-6-7-14(24-10)17-15(18(22)23-5)11(2)20-12-8-19(3,4)9-13(21)16(12)17/h6-7,17,20H,8-9H2,1-5H3/t17-/m0/s1. The van der Waals surface area contributed by atoms with E-state index >= 15 is 0 Å². The van der Waals surface area contributed by atoms with Crippen LogP contribution in [0.1, 0.15) is 49.3 Å². The molecule has 4 nitrogen and oxygen atoms in total. The Hall–Kier alpha value is -1.88. The Labute approximate surface area is 146 Å². The first-order chi connectivity index (χ1) is 11.2. The zero-order valence-electron chi connectivity index (χ0n) is 14.8. The van der Waals surface area contributed by atoms with E-state index in [1.54, 1.807) is 11.3 Å². The molecule has 1 aliphatic carbocycles. The molecule has 1 N–H and O–H groups in total. The van der Waals surface area contributed by atoms with Crippen molar-refractivity contribution in [2.24, 2.45) is 5.41 Å². The molecule has 0 saturated carbocycles. The summed E-state index contributed by atoms with van der Waals surface area (Å²) in [6.45, 7) is 8.13. The molecule has 0 fully saturated rings. The minimum atomic E-state index is -0.375. The average molecular weight is 345 g/mol. The van der Waals surface area contributed by atoms with Crippen molar-refractivity contribution in [2.75, 3.05) is 7.11 Å². The second-order valence-corrected chi connectivity index (χ2v) is 8.69. The predicted molar refractivity (Wildman–Crippen MR) is 94.7 cm³/mol. The van der Waals surface area contributed by atoms with Gasteiger partial charge in [0, 0.05) is 33.1 Å². The van der Waals surface area contributed by atoms with Crippen LogP contribution in [0, 0.1) is 12.3 Å². The molecule has 0 bridgehead atoms. The van der Waals surface area contributed by atoms with E-state index in [2.05, 4.69) is 19.2 Å². The van der Waals surface area contributed by atoms with Gasteiger partial charge in [0.05, 0.1) is 18.6 Å². The van der Waals surface area contributed by atoms with Crippen LogP contribution in [-0.4, -0.2) is 18.9 Å². The molecule has 24 heavy (non-hydrogen) atoms. The van der Waals surface area contributed by atoms with E-state index in [0.717, 1.165) is 33.1 Å². The molecule has 128 valence electrons. The van der Waals surface area contributed by atoms with Crippen molar-refractivity contribution in [2.45, 2.75) is 46.5 Å². The van der Waals surface area contributed by atoms with Crippen LogP contribution in [-0.2, 0) is 14.3 Å². The molecule has 0 amide bonds. The maximum Gasteiger partial charge on any atom is 0.336 e. The fourth-order valence-corrected chi connectivity index (χ4v) is 4.71. The van der Waals surface area contributed by atoms with Gasteiger partial charge in [-0.2, -0.15) is 0 Å². The number of methoxy groups -OCH3 is 1. The number of aryl methyl sites for hydroxylation is 1. The highest BCUT2D eigenvalue weighted by molar-refractivity contribution is 7.12. The number of esters is 1. The second kappa shape index (κ2) is 5.88. The zero-order valence-corrected chi connectivity index (χ0v) is 15.6. The molecule has 1 aromatic heterocycles. The number of nitrogens with one attached hydrogen (secondary N) is 1. The summed E-state index contributed by atoms with van der Waals surface area (Å²) in [5, 5.41) is 3.32. The number of carbonyl (C=O) groups is 2. The number of hydrogen-bond donors (Lipinski definition) is 1. The summed E-state index contributed by atoms with van der Waals surface area (Å²) in [4.78, 5) is 27.5. The lowest BCUT2D eigenvalue weighted by atomic mass is 9.70. The molecule has 0 aromatic carbocycles. The minimum Gasteiger partial charge on any atom is -0.466 e. The number of hydrogen-bond acceptors (Lipinski definition) is 5. The van der Waals surface area contributed by atoms with E-state index in [-0.39, 0.29) is 23.1 Å². The SMILES string of the molecule is COC(=O)C1=C(C)NC2=C(C(=O)CC(C)(C)C2)[C@H]1c1ccc(C)s1. The van der Waals surface area contributed by atoms with E-state index in [1.165, 1.54) is 7.11 Å². The molecule has 5 heteroatoms. The Morgan fingerprint density at radius 1 is 1.29 bits per heavy atom. The van der Waals surface area contributed by atoms with E-state index < -0.39 is 0 Å². The molecule has 0 radical (unpaired) electrons. The second-order valence-electron chi connectivity index (χ2n) is 7.37. The van der Waals surface area contributed by atoms with Gasteiger partial charge in [0.2, 0.25) is 0 Å². The van der Waals surface area contributed by atoms with Crippen molar-refractivity contribution in [3.63, 3.8) is 0 Å². The highest BCUT2D eigenvalue weighted by atomic mass is 32.1. The van der Waals surface area contributed by atoms with Crippen LogP contribution in [0.15, 0.2) is 34.7 Å². The van der Waals surface area contributed by atoms with E-state index in [4.69, 9.17) is 4.74 Å². The number of dihydropyridines is 1. The molecule has 0 saturated heterocycles. The number of carbonyl (C=O) groups excluding carboxylic acids is 2. The van der Waals surface area contributed by atoms with E-state index in [9.17, 15) is 9.59 Å². The van der Waals surface area contributed by atoms with Crippen molar-refractivity contribution >= 4 is 23.1 Å². The molecule has 1 atom stereocenters. The van der Waals surface area contributed by atoms with Crippen molar-refractivity contribution in [3.05, 3.63) is 44.4 Å². The van der Waals surface area contributed by atoms with Crippen LogP contribution >= 0.6 is 11.3 Å². The zero-order chi connectivity index (χ0) is 17.6. The minimum absolute atomic E-state index is 0.0676. The molecule has 1 aliphatic heterocycles. The number of thiophene rings is 1. The number of ether oxygens (including phenoxy) is 1. The van der Waals surface area contributed by atoms with Crippen molar-refractivity contribution in [1.29, 1.82) is 0 Å². The molecule has 0 unspecified atom stereocenters. The third kappa shape index (κ3) is 2.81. The Kier molecular flexibility index (Phi) is 4.16. The normalized spacial score (nSPS) is 23.0. The quantitative estimate of drug-likeness (QED) is 0.828. The first kappa shape index (κ1) is 17.0. The summed E-state index contributed by atoms with van der Waals surface area (Å²) in [5.74, 6) is -0.574. The molecule has 2 heterocycles. The number of ketones is 1. The Morgan fingerprint density at radius 2 is 2.00 bits per heavy atom. The third-order valence-corrected chi connectivity index (χ3v) is 5.76. The molecule has 3 rings (SSSR count). The van der Waals surface area contributed by atoms with Gasteiger partial charge >= 0.3 is 5.97 Å². The highest BCUT2D eigenvalue weighted by Gasteiger charge is 2.43. The van der Waals surface area contributed by atoms with Gasteiger partial charge in [-0.05, 0) is 37.8 Å². The number of rotatable bonds is 2. The van der Waals surface area contributed by atoms with Crippen LogP contribution in [0.3, 0.4) is 0 Å². The molecular formula is C19H23NO3S. The first-order valence-corrected chi connectivity index (χ1v) is 8.94. The molecular weight excluding hydrogens is 322 g/mol. The lowest BCUT2D eigenvalue weighted by Gasteiger charge is -2.39. The fourth-order valence-electron chi connectivity index (χ4n) is 3.71. The van der Waals surface area contributed by atoms with E-state index in [0.29, 0.717) is 12.0 Å². The maximum absolute atomic E-state index is 12.9. The van der Waals surface area contributed by atoms with Crippen LogP contribution < -0.4 is 5.32 Å². The van der Waals surface area contributed by atoms with Crippen LogP contribution in [0.4, 0.5) is 0 Å². The topological polar surface area (TPSA) is 55.4 Å². The Morgan fingerprint density at radius 3 is 2.58 bits per heavy atom. The van der Waals surface area contributed by atoms with Crippen LogP contribution in [0.5, 0.6) is 0 Å². The fraction of sp³-hybridized carbons (Fsp3) is 0.474. The van der Waals surface area contributed by atoms with Crippen molar-refractivity contribution < 1.29 is 14.3 Å². The van der Waals surface area contributed by atoms with Gasteiger partial charge in [-0.25, -0.2) is 4.79 Å². The molecule has 1 aromatic rings. The van der Waals surface area contributed by atoms with Crippen molar-refractivity contribution in [1.82, 2.24) is 5.32 Å². The van der Waals surface area contributed by atoms with Gasteiger partial charge in [0.15, 0.2) is 5.78 Å². The largest absolute Gasteiger partial charge is 0.466 e. The summed E-state index contributed by atoms with van der Waals surface area (Å²) >= 11 is 1.63. The van der Waals surface area contributed by atoms with Gasteiger partial charge < -0.3 is 10.1 Å². The summed E-state index contributed by atoms with van der Waals surface area (Å²) in [6, 6.07) is 4.05. The molecule has 2 aliphatic rings. The first-order valence-electron chi connectivity index (χ1n) is 8.12.